The molecular formula is C25H15F6NO3. The van der Waals surface area contributed by atoms with Crippen LogP contribution in [0.3, 0.4) is 0 Å². The highest BCUT2D eigenvalue weighted by molar-refractivity contribution is 6.04. The van der Waals surface area contributed by atoms with Crippen LogP contribution in [0.5, 0.6) is 0 Å². The summed E-state index contributed by atoms with van der Waals surface area (Å²) >= 11 is 0. The topological polar surface area (TPSA) is 59.3 Å². The van der Waals surface area contributed by atoms with Crippen molar-refractivity contribution in [2.24, 2.45) is 0 Å². The first-order valence-corrected chi connectivity index (χ1v) is 10.1. The van der Waals surface area contributed by atoms with Crippen LogP contribution in [0.2, 0.25) is 0 Å². The van der Waals surface area contributed by atoms with Crippen molar-refractivity contribution < 1.29 is 35.6 Å². The third kappa shape index (κ3) is 5.21. The van der Waals surface area contributed by atoms with Crippen LogP contribution in [-0.4, -0.2) is 5.91 Å². The first-order chi connectivity index (χ1) is 16.3. The van der Waals surface area contributed by atoms with Gasteiger partial charge in [-0.25, -0.2) is 0 Å². The van der Waals surface area contributed by atoms with Gasteiger partial charge in [-0.2, -0.15) is 26.3 Å². The Bertz CT molecular complexity index is 1450. The molecule has 0 bridgehead atoms. The Morgan fingerprint density at radius 2 is 1.40 bits per heavy atom. The smallest absolute Gasteiger partial charge is 0.416 e. The van der Waals surface area contributed by atoms with Gasteiger partial charge < -0.3 is 9.73 Å². The van der Waals surface area contributed by atoms with E-state index in [4.69, 9.17) is 4.42 Å². The van der Waals surface area contributed by atoms with E-state index in [-0.39, 0.29) is 22.8 Å². The second kappa shape index (κ2) is 8.61. The highest BCUT2D eigenvalue weighted by Gasteiger charge is 2.37. The van der Waals surface area contributed by atoms with E-state index in [0.29, 0.717) is 28.7 Å². The second-order valence-electron chi connectivity index (χ2n) is 7.80. The fourth-order valence-corrected chi connectivity index (χ4v) is 3.43. The molecule has 0 aliphatic heterocycles. The standard InChI is InChI=1S/C25H15F6NO3/c1-13-2-7-21-19(8-13)20(33)12-22(35-21)14-3-5-15(6-4-14)23(34)32-18-10-16(24(26,27)28)9-17(11-18)25(29,30)31/h2-12H,1H3,(H,32,34). The third-order valence-corrected chi connectivity index (χ3v) is 5.16. The average Bonchev–Trinajstić information content (AvgIpc) is 2.78. The number of anilines is 1. The van der Waals surface area contributed by atoms with Gasteiger partial charge in [-0.3, -0.25) is 9.59 Å². The highest BCUT2D eigenvalue weighted by atomic mass is 19.4. The highest BCUT2D eigenvalue weighted by Crippen LogP contribution is 2.37. The molecule has 1 heterocycles. The van der Waals surface area contributed by atoms with Crippen LogP contribution < -0.4 is 10.7 Å². The van der Waals surface area contributed by atoms with Crippen LogP contribution in [0.15, 0.2) is 75.9 Å². The summed E-state index contributed by atoms with van der Waals surface area (Å²) in [6.07, 6.45) is -10.1. The van der Waals surface area contributed by atoms with E-state index in [0.717, 1.165) is 5.56 Å². The van der Waals surface area contributed by atoms with Crippen LogP contribution in [0, 0.1) is 6.92 Å². The van der Waals surface area contributed by atoms with Gasteiger partial charge >= 0.3 is 12.4 Å². The van der Waals surface area contributed by atoms with E-state index >= 15 is 0 Å². The molecule has 3 aromatic carbocycles. The summed E-state index contributed by atoms with van der Waals surface area (Å²) in [6, 6.07) is 12.7. The number of amides is 1. The lowest BCUT2D eigenvalue weighted by molar-refractivity contribution is -0.143. The molecule has 0 atom stereocenters. The second-order valence-corrected chi connectivity index (χ2v) is 7.80. The van der Waals surface area contributed by atoms with Gasteiger partial charge in [0.05, 0.1) is 16.5 Å². The zero-order chi connectivity index (χ0) is 25.5. The number of fused-ring (bicyclic) bond motifs is 1. The summed E-state index contributed by atoms with van der Waals surface area (Å²) in [5.74, 6) is -0.689. The van der Waals surface area contributed by atoms with Crippen molar-refractivity contribution in [1.29, 1.82) is 0 Å². The molecule has 0 fully saturated rings. The summed E-state index contributed by atoms with van der Waals surface area (Å²) in [6.45, 7) is 1.83. The maximum Gasteiger partial charge on any atom is 0.416 e. The van der Waals surface area contributed by atoms with Crippen molar-refractivity contribution in [3.63, 3.8) is 0 Å². The lowest BCUT2D eigenvalue weighted by Crippen LogP contribution is -2.15. The molecule has 0 aliphatic carbocycles. The fraction of sp³-hybridized carbons (Fsp3) is 0.120. The van der Waals surface area contributed by atoms with E-state index in [2.05, 4.69) is 5.32 Å². The molecule has 0 saturated heterocycles. The maximum atomic E-state index is 13.0. The summed E-state index contributed by atoms with van der Waals surface area (Å²) in [5.41, 5.74) is -2.34. The molecule has 0 unspecified atom stereocenters. The Morgan fingerprint density at radius 1 is 0.800 bits per heavy atom. The molecule has 0 radical (unpaired) electrons. The van der Waals surface area contributed by atoms with E-state index in [9.17, 15) is 35.9 Å². The molecule has 4 aromatic rings. The number of halogens is 6. The van der Waals surface area contributed by atoms with Crippen LogP contribution >= 0.6 is 0 Å². The van der Waals surface area contributed by atoms with Crippen molar-refractivity contribution in [1.82, 2.24) is 0 Å². The third-order valence-electron chi connectivity index (χ3n) is 5.16. The minimum absolute atomic E-state index is 0.0247. The number of alkyl halides is 6. The largest absolute Gasteiger partial charge is 0.456 e. The molecule has 4 rings (SSSR count). The number of carbonyl (C=O) groups is 1. The van der Waals surface area contributed by atoms with Crippen molar-refractivity contribution in [2.45, 2.75) is 19.3 Å². The predicted molar refractivity (Wildman–Crippen MR) is 117 cm³/mol. The Labute approximate surface area is 193 Å². The van der Waals surface area contributed by atoms with Gasteiger partial charge in [-0.15, -0.1) is 0 Å². The van der Waals surface area contributed by atoms with E-state index in [1.54, 1.807) is 18.2 Å². The van der Waals surface area contributed by atoms with Crippen molar-refractivity contribution >= 4 is 22.6 Å². The van der Waals surface area contributed by atoms with Crippen molar-refractivity contribution in [3.8, 4) is 11.3 Å². The van der Waals surface area contributed by atoms with Crippen LogP contribution in [-0.2, 0) is 12.4 Å². The minimum atomic E-state index is -5.04. The van der Waals surface area contributed by atoms with Gasteiger partial charge in [0.15, 0.2) is 5.43 Å². The quantitative estimate of drug-likeness (QED) is 0.312. The normalized spacial score (nSPS) is 12.1. The molecule has 1 aromatic heterocycles. The molecule has 35 heavy (non-hydrogen) atoms. The van der Waals surface area contributed by atoms with Gasteiger partial charge in [0.2, 0.25) is 0 Å². The molecule has 180 valence electrons. The van der Waals surface area contributed by atoms with Crippen molar-refractivity contribution in [2.75, 3.05) is 5.32 Å². The van der Waals surface area contributed by atoms with Crippen LogP contribution in [0.4, 0.5) is 32.0 Å². The Hall–Kier alpha value is -4.08. The SMILES string of the molecule is Cc1ccc2oc(-c3ccc(C(=O)Nc4cc(C(F)(F)F)cc(C(F)(F)F)c4)cc3)cc(=O)c2c1. The zero-order valence-electron chi connectivity index (χ0n) is 17.8. The summed E-state index contributed by atoms with van der Waals surface area (Å²) in [7, 11) is 0. The van der Waals surface area contributed by atoms with Crippen LogP contribution in [0.25, 0.3) is 22.3 Å². The first kappa shape index (κ1) is 24.1. The maximum absolute atomic E-state index is 13.0. The van der Waals surface area contributed by atoms with E-state index in [1.807, 2.05) is 6.92 Å². The molecular weight excluding hydrogens is 476 g/mol. The van der Waals surface area contributed by atoms with Gasteiger partial charge in [0.1, 0.15) is 11.3 Å². The molecule has 0 saturated carbocycles. The number of hydrogen-bond donors (Lipinski definition) is 1. The lowest BCUT2D eigenvalue weighted by atomic mass is 10.1. The first-order valence-electron chi connectivity index (χ1n) is 10.1. The van der Waals surface area contributed by atoms with Gasteiger partial charge in [-0.05, 0) is 49.4 Å². The van der Waals surface area contributed by atoms with Crippen molar-refractivity contribution in [3.05, 3.63) is 99.2 Å². The number of nitrogens with one attached hydrogen (secondary N) is 1. The molecule has 0 aliphatic rings. The predicted octanol–water partition coefficient (Wildman–Crippen LogP) is 7.06. The lowest BCUT2D eigenvalue weighted by Gasteiger charge is -2.15. The van der Waals surface area contributed by atoms with E-state index in [1.165, 1.54) is 30.3 Å². The Morgan fingerprint density at radius 3 is 1.97 bits per heavy atom. The molecule has 1 N–H and O–H groups in total. The van der Waals surface area contributed by atoms with Gasteiger partial charge in [0.25, 0.3) is 5.91 Å². The van der Waals surface area contributed by atoms with Gasteiger partial charge in [-0.1, -0.05) is 23.8 Å². The zero-order valence-corrected chi connectivity index (χ0v) is 17.8. The molecule has 0 spiro atoms. The number of aryl methyl sites for hydroxylation is 1. The van der Waals surface area contributed by atoms with E-state index < -0.39 is 35.1 Å². The monoisotopic (exact) mass is 491 g/mol. The molecule has 10 heteroatoms. The van der Waals surface area contributed by atoms with Crippen LogP contribution in [0.1, 0.15) is 27.0 Å². The average molecular weight is 491 g/mol. The molecule has 1 amide bonds. The summed E-state index contributed by atoms with van der Waals surface area (Å²) in [4.78, 5) is 24.9. The molecule has 4 nitrogen and oxygen atoms in total. The summed E-state index contributed by atoms with van der Waals surface area (Å²) < 4.78 is 84.0. The number of carbonyl (C=O) groups excluding carboxylic acids is 1. The number of benzene rings is 3. The number of hydrogen-bond acceptors (Lipinski definition) is 3. The number of rotatable bonds is 3. The summed E-state index contributed by atoms with van der Waals surface area (Å²) in [5, 5.41) is 2.48. The minimum Gasteiger partial charge on any atom is -0.456 e. The Balaban J connectivity index is 1.61. The Kier molecular flexibility index (Phi) is 5.92. The fourth-order valence-electron chi connectivity index (χ4n) is 3.43. The van der Waals surface area contributed by atoms with Gasteiger partial charge in [0, 0.05) is 22.9 Å².